The summed E-state index contributed by atoms with van der Waals surface area (Å²) in [6.45, 7) is 9.71. The fraction of sp³-hybridized carbons (Fsp3) is 0.382. The highest BCUT2D eigenvalue weighted by molar-refractivity contribution is 7.98. The zero-order chi connectivity index (χ0) is 31.4. The first-order valence-electron chi connectivity index (χ1n) is 14.4. The van der Waals surface area contributed by atoms with Crippen LogP contribution in [0.15, 0.2) is 83.8 Å². The molecule has 0 aromatic heterocycles. The molecule has 3 amide bonds. The molecule has 9 heteroatoms. The van der Waals surface area contributed by atoms with Gasteiger partial charge in [0.25, 0.3) is 0 Å². The number of carbonyl (C=O) groups is 3. The molecule has 3 aromatic carbocycles. The molecule has 0 spiro atoms. The lowest BCUT2D eigenvalue weighted by Gasteiger charge is -2.27. The van der Waals surface area contributed by atoms with Crippen LogP contribution < -0.4 is 20.7 Å². The van der Waals surface area contributed by atoms with Crippen LogP contribution >= 0.6 is 11.8 Å². The smallest absolute Gasteiger partial charge is 0.329 e. The molecule has 3 aromatic rings. The number of esters is 1. The third-order valence-electron chi connectivity index (χ3n) is 6.30. The van der Waals surface area contributed by atoms with Gasteiger partial charge in [0.1, 0.15) is 30.0 Å². The summed E-state index contributed by atoms with van der Waals surface area (Å²) in [6.07, 6.45) is 2.58. The largest absolute Gasteiger partial charge is 0.489 e. The van der Waals surface area contributed by atoms with Crippen molar-refractivity contribution in [3.8, 4) is 5.75 Å². The minimum Gasteiger partial charge on any atom is -0.489 e. The molecule has 0 aliphatic carbocycles. The van der Waals surface area contributed by atoms with E-state index in [1.165, 1.54) is 0 Å². The first-order chi connectivity index (χ1) is 20.4. The summed E-state index contributed by atoms with van der Waals surface area (Å²) >= 11 is 1.61. The van der Waals surface area contributed by atoms with Crippen LogP contribution in [0, 0.1) is 5.92 Å². The Balaban J connectivity index is 1.69. The van der Waals surface area contributed by atoms with Crippen LogP contribution in [0.4, 0.5) is 10.5 Å². The van der Waals surface area contributed by atoms with E-state index >= 15 is 0 Å². The Morgan fingerprint density at radius 1 is 0.814 bits per heavy atom. The number of benzene rings is 3. The molecular weight excluding hydrogens is 562 g/mol. The standard InChI is InChI=1S/C34H43N3O5S/c1-23(2)20-29(37-33(40)35-26-14-18-28(43-6)19-15-26)31(38)36-30(32(39)42-34(3,4)5)21-24-12-16-27(17-13-24)41-22-25-10-8-7-9-11-25/h7-19,23,29-30H,20-22H2,1-6H3,(H,36,38)(H2,35,37,40)/t29-,30-/m0/s1. The Bertz CT molecular complexity index is 1320. The maximum absolute atomic E-state index is 13.5. The molecule has 0 fully saturated rings. The molecule has 0 aliphatic heterocycles. The molecule has 3 N–H and O–H groups in total. The second-order valence-corrected chi connectivity index (χ2v) is 12.6. The average molecular weight is 606 g/mol. The number of thioether (sulfide) groups is 1. The number of hydrogen-bond donors (Lipinski definition) is 3. The summed E-state index contributed by atoms with van der Waals surface area (Å²) in [6, 6.07) is 22.4. The highest BCUT2D eigenvalue weighted by Gasteiger charge is 2.30. The van der Waals surface area contributed by atoms with Crippen molar-refractivity contribution in [2.45, 2.75) is 76.6 Å². The predicted molar refractivity (Wildman–Crippen MR) is 172 cm³/mol. The first-order valence-corrected chi connectivity index (χ1v) is 15.6. The van der Waals surface area contributed by atoms with Gasteiger partial charge in [-0.15, -0.1) is 11.8 Å². The maximum atomic E-state index is 13.5. The Kier molecular flexibility index (Phi) is 12.5. The molecule has 8 nitrogen and oxygen atoms in total. The first kappa shape index (κ1) is 33.5. The summed E-state index contributed by atoms with van der Waals surface area (Å²) in [5.74, 6) is -0.201. The molecule has 0 unspecified atom stereocenters. The molecule has 0 heterocycles. The van der Waals surface area contributed by atoms with Crippen molar-refractivity contribution < 1.29 is 23.9 Å². The average Bonchev–Trinajstić information content (AvgIpc) is 2.96. The molecule has 0 bridgehead atoms. The third kappa shape index (κ3) is 12.0. The minimum absolute atomic E-state index is 0.111. The van der Waals surface area contributed by atoms with E-state index in [4.69, 9.17) is 9.47 Å². The fourth-order valence-corrected chi connectivity index (χ4v) is 4.65. The SMILES string of the molecule is CSc1ccc(NC(=O)N[C@@H](CC(C)C)C(=O)N[C@@H](Cc2ccc(OCc3ccccc3)cc2)C(=O)OC(C)(C)C)cc1. The van der Waals surface area contributed by atoms with E-state index in [9.17, 15) is 14.4 Å². The molecule has 0 saturated carbocycles. The minimum atomic E-state index is -0.957. The van der Waals surface area contributed by atoms with E-state index in [0.29, 0.717) is 24.5 Å². The molecule has 230 valence electrons. The summed E-state index contributed by atoms with van der Waals surface area (Å²) < 4.78 is 11.5. The van der Waals surface area contributed by atoms with Gasteiger partial charge in [-0.2, -0.15) is 0 Å². The van der Waals surface area contributed by atoms with Gasteiger partial charge in [0, 0.05) is 17.0 Å². The number of ether oxygens (including phenoxy) is 2. The van der Waals surface area contributed by atoms with Crippen LogP contribution in [0.5, 0.6) is 5.75 Å². The number of hydrogen-bond acceptors (Lipinski definition) is 6. The quantitative estimate of drug-likeness (QED) is 0.150. The second-order valence-electron chi connectivity index (χ2n) is 11.7. The van der Waals surface area contributed by atoms with E-state index in [0.717, 1.165) is 16.0 Å². The van der Waals surface area contributed by atoms with Gasteiger partial charge in [0.2, 0.25) is 5.91 Å². The van der Waals surface area contributed by atoms with Crippen LogP contribution in [0.1, 0.15) is 52.2 Å². The molecule has 43 heavy (non-hydrogen) atoms. The van der Waals surface area contributed by atoms with Crippen LogP contribution in [-0.4, -0.2) is 41.8 Å². The number of anilines is 1. The Morgan fingerprint density at radius 2 is 1.47 bits per heavy atom. The highest BCUT2D eigenvalue weighted by atomic mass is 32.2. The molecular formula is C34H43N3O5S. The summed E-state index contributed by atoms with van der Waals surface area (Å²) in [4.78, 5) is 40.6. The predicted octanol–water partition coefficient (Wildman–Crippen LogP) is 6.59. The topological polar surface area (TPSA) is 106 Å². The van der Waals surface area contributed by atoms with Crippen molar-refractivity contribution in [1.82, 2.24) is 10.6 Å². The zero-order valence-electron chi connectivity index (χ0n) is 25.8. The Morgan fingerprint density at radius 3 is 2.05 bits per heavy atom. The summed E-state index contributed by atoms with van der Waals surface area (Å²) in [7, 11) is 0. The van der Waals surface area contributed by atoms with Gasteiger partial charge in [0.15, 0.2) is 0 Å². The lowest BCUT2D eigenvalue weighted by molar-refractivity contribution is -0.158. The number of nitrogens with one attached hydrogen (secondary N) is 3. The molecule has 0 radical (unpaired) electrons. The van der Waals surface area contributed by atoms with Crippen molar-refractivity contribution in [3.05, 3.63) is 90.0 Å². The van der Waals surface area contributed by atoms with Gasteiger partial charge in [-0.3, -0.25) is 4.79 Å². The molecule has 3 rings (SSSR count). The summed E-state index contributed by atoms with van der Waals surface area (Å²) in [5, 5.41) is 8.41. The van der Waals surface area contributed by atoms with Gasteiger partial charge < -0.3 is 25.4 Å². The van der Waals surface area contributed by atoms with E-state index in [1.807, 2.05) is 86.8 Å². The second kappa shape index (κ2) is 16.0. The van der Waals surface area contributed by atoms with E-state index in [-0.39, 0.29) is 12.3 Å². The van der Waals surface area contributed by atoms with Crippen LogP contribution in [0.3, 0.4) is 0 Å². The number of amides is 3. The van der Waals surface area contributed by atoms with Gasteiger partial charge >= 0.3 is 12.0 Å². The Labute approximate surface area is 259 Å². The van der Waals surface area contributed by atoms with Crippen LogP contribution in [0.25, 0.3) is 0 Å². The van der Waals surface area contributed by atoms with Gasteiger partial charge in [-0.25, -0.2) is 9.59 Å². The lowest BCUT2D eigenvalue weighted by atomic mass is 10.0. The lowest BCUT2D eigenvalue weighted by Crippen LogP contribution is -2.54. The molecule has 0 saturated heterocycles. The van der Waals surface area contributed by atoms with E-state index in [1.54, 1.807) is 44.7 Å². The van der Waals surface area contributed by atoms with E-state index in [2.05, 4.69) is 16.0 Å². The molecule has 2 atom stereocenters. The van der Waals surface area contributed by atoms with E-state index < -0.39 is 35.6 Å². The highest BCUT2D eigenvalue weighted by Crippen LogP contribution is 2.19. The van der Waals surface area contributed by atoms with Gasteiger partial charge in [-0.1, -0.05) is 56.3 Å². The molecule has 0 aliphatic rings. The van der Waals surface area contributed by atoms with Gasteiger partial charge in [0.05, 0.1) is 0 Å². The number of urea groups is 1. The van der Waals surface area contributed by atoms with Crippen molar-refractivity contribution in [1.29, 1.82) is 0 Å². The zero-order valence-corrected chi connectivity index (χ0v) is 26.6. The fourth-order valence-electron chi connectivity index (χ4n) is 4.24. The third-order valence-corrected chi connectivity index (χ3v) is 7.04. The Hall–Kier alpha value is -3.98. The maximum Gasteiger partial charge on any atom is 0.329 e. The monoisotopic (exact) mass is 605 g/mol. The van der Waals surface area contributed by atoms with Crippen molar-refractivity contribution in [3.63, 3.8) is 0 Å². The van der Waals surface area contributed by atoms with Crippen LogP contribution in [-0.2, 0) is 27.4 Å². The number of carbonyl (C=O) groups excluding carboxylic acids is 3. The summed E-state index contributed by atoms with van der Waals surface area (Å²) in [5.41, 5.74) is 1.76. The van der Waals surface area contributed by atoms with Gasteiger partial charge in [-0.05, 0) is 86.9 Å². The normalized spacial score (nSPS) is 12.6. The van der Waals surface area contributed by atoms with Crippen molar-refractivity contribution in [2.24, 2.45) is 5.92 Å². The van der Waals surface area contributed by atoms with Crippen molar-refractivity contribution in [2.75, 3.05) is 11.6 Å². The number of rotatable bonds is 13. The van der Waals surface area contributed by atoms with Crippen molar-refractivity contribution >= 4 is 35.4 Å². The van der Waals surface area contributed by atoms with Crippen LogP contribution in [0.2, 0.25) is 0 Å².